The zero-order chi connectivity index (χ0) is 23.2. The Kier molecular flexibility index (Phi) is 5.78. The lowest BCUT2D eigenvalue weighted by Gasteiger charge is -2.07. The van der Waals surface area contributed by atoms with Crippen LogP contribution in [0.5, 0.6) is 0 Å². The minimum Gasteiger partial charge on any atom is -0.481 e. The third kappa shape index (κ3) is 4.38. The van der Waals surface area contributed by atoms with Gasteiger partial charge in [0.15, 0.2) is 5.65 Å². The SMILES string of the molecule is O=C(O)CCc1cc(Cl)c(-c2nc(-c3cn4cc(C(F)(F)F)cc(Cl)c4n3)no2)cc1Cl. The number of imidazole rings is 1. The second kappa shape index (κ2) is 8.27. The van der Waals surface area contributed by atoms with Crippen LogP contribution in [0, 0.1) is 0 Å². The molecule has 0 atom stereocenters. The second-order valence-corrected chi connectivity index (χ2v) is 7.89. The quantitative estimate of drug-likeness (QED) is 0.355. The summed E-state index contributed by atoms with van der Waals surface area (Å²) in [7, 11) is 0. The molecular weight excluding hydrogens is 496 g/mol. The molecule has 3 aromatic heterocycles. The fraction of sp³-hybridized carbons (Fsp3) is 0.158. The molecule has 3 heterocycles. The molecule has 0 bridgehead atoms. The molecule has 0 fully saturated rings. The number of pyridine rings is 1. The maximum Gasteiger partial charge on any atom is 0.417 e. The molecule has 0 saturated carbocycles. The highest BCUT2D eigenvalue weighted by molar-refractivity contribution is 6.35. The maximum atomic E-state index is 13.0. The van der Waals surface area contributed by atoms with Crippen LogP contribution in [0.1, 0.15) is 17.5 Å². The van der Waals surface area contributed by atoms with Crippen LogP contribution in [-0.4, -0.2) is 30.6 Å². The molecule has 4 aromatic rings. The second-order valence-electron chi connectivity index (χ2n) is 6.67. The number of fused-ring (bicyclic) bond motifs is 1. The molecule has 0 amide bonds. The van der Waals surface area contributed by atoms with Crippen molar-refractivity contribution in [1.29, 1.82) is 0 Å². The predicted molar refractivity (Wildman–Crippen MR) is 110 cm³/mol. The average Bonchev–Trinajstić information content (AvgIpc) is 3.34. The lowest BCUT2D eigenvalue weighted by Crippen LogP contribution is -2.06. The van der Waals surface area contributed by atoms with Crippen molar-refractivity contribution in [3.63, 3.8) is 0 Å². The van der Waals surface area contributed by atoms with Crippen LogP contribution in [0.25, 0.3) is 28.6 Å². The number of carboxylic acids is 1. The smallest absolute Gasteiger partial charge is 0.417 e. The molecular formula is C19H10Cl3F3N4O3. The molecule has 0 saturated heterocycles. The molecule has 1 aromatic carbocycles. The number of hydrogen-bond acceptors (Lipinski definition) is 5. The third-order valence-corrected chi connectivity index (χ3v) is 5.41. The van der Waals surface area contributed by atoms with Gasteiger partial charge in [-0.05, 0) is 30.2 Å². The van der Waals surface area contributed by atoms with Gasteiger partial charge in [-0.1, -0.05) is 40.0 Å². The standard InChI is InChI=1S/C19H10Cl3F3N4O3/c20-11-5-10(12(21)3-8(11)1-2-15(30)31)18-27-16(28-32-18)14-7-29-6-9(19(23,24)25)4-13(22)17(29)26-14/h3-7H,1-2H2,(H,30,31). The Morgan fingerprint density at radius 1 is 1.06 bits per heavy atom. The van der Waals surface area contributed by atoms with Gasteiger partial charge in [0.25, 0.3) is 5.89 Å². The van der Waals surface area contributed by atoms with E-state index in [0.29, 0.717) is 11.1 Å². The largest absolute Gasteiger partial charge is 0.481 e. The van der Waals surface area contributed by atoms with Crippen molar-refractivity contribution in [3.05, 3.63) is 56.8 Å². The van der Waals surface area contributed by atoms with Gasteiger partial charge in [-0.3, -0.25) is 4.79 Å². The zero-order valence-corrected chi connectivity index (χ0v) is 17.9. The Morgan fingerprint density at radius 3 is 2.50 bits per heavy atom. The van der Waals surface area contributed by atoms with Gasteiger partial charge < -0.3 is 14.0 Å². The lowest BCUT2D eigenvalue weighted by molar-refractivity contribution is -0.138. The third-order valence-electron chi connectivity index (χ3n) is 4.46. The normalized spacial score (nSPS) is 11.9. The van der Waals surface area contributed by atoms with Crippen LogP contribution in [0.4, 0.5) is 13.2 Å². The van der Waals surface area contributed by atoms with E-state index in [-0.39, 0.29) is 51.0 Å². The van der Waals surface area contributed by atoms with E-state index in [4.69, 9.17) is 44.4 Å². The molecule has 0 aliphatic carbocycles. The van der Waals surface area contributed by atoms with Crippen LogP contribution in [-0.2, 0) is 17.4 Å². The summed E-state index contributed by atoms with van der Waals surface area (Å²) in [4.78, 5) is 19.1. The van der Waals surface area contributed by atoms with E-state index in [1.54, 1.807) is 0 Å². The van der Waals surface area contributed by atoms with Gasteiger partial charge in [0.1, 0.15) is 5.69 Å². The Hall–Kier alpha value is -2.82. The minimum absolute atomic E-state index is 0.00387. The van der Waals surface area contributed by atoms with Crippen molar-refractivity contribution in [2.45, 2.75) is 19.0 Å². The van der Waals surface area contributed by atoms with E-state index < -0.39 is 17.7 Å². The highest BCUT2D eigenvalue weighted by atomic mass is 35.5. The summed E-state index contributed by atoms with van der Waals surface area (Å²) in [6.45, 7) is 0. The van der Waals surface area contributed by atoms with Crippen LogP contribution >= 0.6 is 34.8 Å². The summed E-state index contributed by atoms with van der Waals surface area (Å²) in [5.41, 5.74) is 0.122. The lowest BCUT2D eigenvalue weighted by atomic mass is 10.1. The van der Waals surface area contributed by atoms with Gasteiger partial charge in [0.2, 0.25) is 5.82 Å². The van der Waals surface area contributed by atoms with Gasteiger partial charge in [0.05, 0.1) is 21.2 Å². The van der Waals surface area contributed by atoms with Gasteiger partial charge in [-0.15, -0.1) is 0 Å². The number of nitrogens with zero attached hydrogens (tertiary/aromatic N) is 4. The number of aryl methyl sites for hydroxylation is 1. The van der Waals surface area contributed by atoms with E-state index in [0.717, 1.165) is 16.7 Å². The number of carbonyl (C=O) groups is 1. The van der Waals surface area contributed by atoms with Crippen LogP contribution in [0.15, 0.2) is 35.1 Å². The number of benzene rings is 1. The van der Waals surface area contributed by atoms with Crippen molar-refractivity contribution < 1.29 is 27.6 Å². The van der Waals surface area contributed by atoms with Crippen molar-refractivity contribution in [3.8, 4) is 23.0 Å². The molecule has 0 aliphatic heterocycles. The highest BCUT2D eigenvalue weighted by Crippen LogP contribution is 2.35. The number of carboxylic acid groups (broad SMARTS) is 1. The van der Waals surface area contributed by atoms with Crippen LogP contribution in [0.3, 0.4) is 0 Å². The van der Waals surface area contributed by atoms with Crippen molar-refractivity contribution in [1.82, 2.24) is 19.5 Å². The molecule has 166 valence electrons. The summed E-state index contributed by atoms with van der Waals surface area (Å²) in [6.07, 6.45) is -2.37. The van der Waals surface area contributed by atoms with E-state index in [2.05, 4.69) is 15.1 Å². The monoisotopic (exact) mass is 504 g/mol. The fourth-order valence-corrected chi connectivity index (χ4v) is 3.72. The predicted octanol–water partition coefficient (Wildman–Crippen LogP) is 6.05. The van der Waals surface area contributed by atoms with E-state index in [1.807, 2.05) is 0 Å². The zero-order valence-electron chi connectivity index (χ0n) is 15.6. The molecule has 0 radical (unpaired) electrons. The van der Waals surface area contributed by atoms with Gasteiger partial charge >= 0.3 is 12.1 Å². The topological polar surface area (TPSA) is 93.5 Å². The van der Waals surface area contributed by atoms with Crippen LogP contribution < -0.4 is 0 Å². The molecule has 13 heteroatoms. The average molecular weight is 506 g/mol. The maximum absolute atomic E-state index is 13.0. The number of aliphatic carboxylic acids is 1. The molecule has 32 heavy (non-hydrogen) atoms. The Balaban J connectivity index is 1.68. The van der Waals surface area contributed by atoms with Crippen molar-refractivity contribution in [2.24, 2.45) is 0 Å². The fourth-order valence-electron chi connectivity index (χ4n) is 2.94. The Morgan fingerprint density at radius 2 is 1.81 bits per heavy atom. The van der Waals surface area contributed by atoms with Gasteiger partial charge in [-0.2, -0.15) is 18.2 Å². The van der Waals surface area contributed by atoms with Gasteiger partial charge in [-0.25, -0.2) is 4.98 Å². The first-order chi connectivity index (χ1) is 15.0. The van der Waals surface area contributed by atoms with Crippen molar-refractivity contribution in [2.75, 3.05) is 0 Å². The molecule has 7 nitrogen and oxygen atoms in total. The number of halogens is 6. The number of aromatic nitrogens is 4. The molecule has 0 unspecified atom stereocenters. The van der Waals surface area contributed by atoms with Crippen LogP contribution in [0.2, 0.25) is 15.1 Å². The molecule has 4 rings (SSSR count). The summed E-state index contributed by atoms with van der Waals surface area (Å²) in [5.74, 6) is -0.982. The highest BCUT2D eigenvalue weighted by Gasteiger charge is 2.32. The molecule has 0 aliphatic rings. The van der Waals surface area contributed by atoms with E-state index in [9.17, 15) is 18.0 Å². The summed E-state index contributed by atoms with van der Waals surface area (Å²) >= 11 is 18.4. The first-order valence-electron chi connectivity index (χ1n) is 8.82. The number of hydrogen-bond donors (Lipinski definition) is 1. The summed E-state index contributed by atoms with van der Waals surface area (Å²) in [6, 6.07) is 3.76. The first-order valence-corrected chi connectivity index (χ1v) is 9.96. The number of alkyl halides is 3. The number of rotatable bonds is 5. The Bertz CT molecular complexity index is 1350. The summed E-state index contributed by atoms with van der Waals surface area (Å²) in [5, 5.41) is 12.9. The van der Waals surface area contributed by atoms with E-state index in [1.165, 1.54) is 18.3 Å². The van der Waals surface area contributed by atoms with Crippen molar-refractivity contribution >= 4 is 46.4 Å². The molecule has 1 N–H and O–H groups in total. The molecule has 0 spiro atoms. The minimum atomic E-state index is -4.58. The van der Waals surface area contributed by atoms with E-state index >= 15 is 0 Å². The van der Waals surface area contributed by atoms with Gasteiger partial charge in [0, 0.05) is 23.8 Å². The summed E-state index contributed by atoms with van der Waals surface area (Å²) < 4.78 is 45.4. The first kappa shape index (κ1) is 22.4. The Labute approximate surface area is 192 Å².